The predicted octanol–water partition coefficient (Wildman–Crippen LogP) is 3.26. The summed E-state index contributed by atoms with van der Waals surface area (Å²) >= 11 is 3.40. The van der Waals surface area contributed by atoms with Crippen molar-refractivity contribution in [2.75, 3.05) is 5.33 Å². The van der Waals surface area contributed by atoms with E-state index in [9.17, 15) is 0 Å². The number of halogens is 1. The lowest BCUT2D eigenvalue weighted by Gasteiger charge is -2.21. The highest BCUT2D eigenvalue weighted by Gasteiger charge is 2.19. The molecule has 0 amide bonds. The third-order valence-electron chi connectivity index (χ3n) is 2.17. The maximum Gasteiger partial charge on any atom is 0.168 e. The molecule has 0 saturated heterocycles. The maximum absolute atomic E-state index is 5.80. The number of ether oxygens (including phenoxy) is 2. The van der Waals surface area contributed by atoms with Crippen molar-refractivity contribution < 1.29 is 9.47 Å². The molecule has 14 heavy (non-hydrogen) atoms. The predicted molar refractivity (Wildman–Crippen MR) is 61.7 cm³/mol. The minimum absolute atomic E-state index is 0.123. The second-order valence-electron chi connectivity index (χ2n) is 3.99. The first-order chi connectivity index (χ1) is 6.61. The van der Waals surface area contributed by atoms with Crippen molar-refractivity contribution in [3.8, 4) is 0 Å². The number of allylic oxidation sites excluding steroid dienone is 1. The fourth-order valence-corrected chi connectivity index (χ4v) is 1.87. The molecule has 2 unspecified atom stereocenters. The van der Waals surface area contributed by atoms with Gasteiger partial charge in [-0.25, -0.2) is 0 Å². The van der Waals surface area contributed by atoms with Gasteiger partial charge in [-0.05, 0) is 33.6 Å². The van der Waals surface area contributed by atoms with E-state index in [1.165, 1.54) is 5.57 Å². The second-order valence-corrected chi connectivity index (χ2v) is 4.64. The van der Waals surface area contributed by atoms with E-state index in [-0.39, 0.29) is 18.5 Å². The zero-order valence-corrected chi connectivity index (χ0v) is 10.7. The molecule has 1 rings (SSSR count). The van der Waals surface area contributed by atoms with Crippen molar-refractivity contribution in [2.45, 2.75) is 52.1 Å². The van der Waals surface area contributed by atoms with Crippen molar-refractivity contribution in [3.63, 3.8) is 0 Å². The lowest BCUT2D eigenvalue weighted by Crippen LogP contribution is -2.26. The molecular formula is C11H19BrO2. The molecule has 82 valence electrons. The average molecular weight is 263 g/mol. The Balaban J connectivity index is 2.33. The van der Waals surface area contributed by atoms with E-state index in [1.54, 1.807) is 0 Å². The quantitative estimate of drug-likeness (QED) is 0.430. The van der Waals surface area contributed by atoms with Crippen LogP contribution in [0.4, 0.5) is 0 Å². The number of alkyl halides is 1. The molecule has 0 aromatic carbocycles. The smallest absolute Gasteiger partial charge is 0.168 e. The Morgan fingerprint density at radius 3 is 2.71 bits per heavy atom. The Morgan fingerprint density at radius 1 is 1.57 bits per heavy atom. The summed E-state index contributed by atoms with van der Waals surface area (Å²) < 4.78 is 11.4. The highest BCUT2D eigenvalue weighted by molar-refractivity contribution is 9.09. The van der Waals surface area contributed by atoms with Gasteiger partial charge in [0.2, 0.25) is 0 Å². The van der Waals surface area contributed by atoms with Crippen molar-refractivity contribution in [2.24, 2.45) is 0 Å². The molecule has 1 aliphatic carbocycles. The Labute approximate surface area is 94.8 Å². The molecule has 0 spiro atoms. The molecule has 0 N–H and O–H groups in total. The maximum atomic E-state index is 5.80. The molecule has 0 aromatic heterocycles. The molecule has 2 atom stereocenters. The lowest BCUT2D eigenvalue weighted by atomic mass is 10.3. The number of hydrogen-bond donors (Lipinski definition) is 0. The van der Waals surface area contributed by atoms with Crippen LogP contribution in [-0.4, -0.2) is 23.8 Å². The van der Waals surface area contributed by atoms with Gasteiger partial charge in [0.1, 0.15) is 0 Å². The standard InChI is InChI=1S/C11H19BrO2/c1-8(2)13-11(7-12)14-10-5-4-9(3)6-10/h6,8,10-11H,4-5,7H2,1-3H3. The zero-order chi connectivity index (χ0) is 10.6. The molecule has 0 aliphatic heterocycles. The van der Waals surface area contributed by atoms with Crippen LogP contribution in [0.25, 0.3) is 0 Å². The van der Waals surface area contributed by atoms with Crippen LogP contribution in [-0.2, 0) is 9.47 Å². The topological polar surface area (TPSA) is 18.5 Å². The van der Waals surface area contributed by atoms with Crippen LogP contribution in [0, 0.1) is 0 Å². The normalized spacial score (nSPS) is 24.1. The summed E-state index contributed by atoms with van der Waals surface area (Å²) in [6.07, 6.45) is 4.78. The Bertz CT molecular complexity index is 201. The van der Waals surface area contributed by atoms with Crippen LogP contribution in [0.15, 0.2) is 11.6 Å². The first kappa shape index (κ1) is 12.2. The molecule has 2 nitrogen and oxygen atoms in total. The molecule has 0 bridgehead atoms. The molecule has 0 radical (unpaired) electrons. The molecule has 0 fully saturated rings. The SMILES string of the molecule is CC1=CC(OC(CBr)OC(C)C)CC1. The summed E-state index contributed by atoms with van der Waals surface area (Å²) in [6.45, 7) is 6.19. The average Bonchev–Trinajstić information content (AvgIpc) is 2.49. The van der Waals surface area contributed by atoms with Crippen LogP contribution < -0.4 is 0 Å². The van der Waals surface area contributed by atoms with Gasteiger partial charge in [0.05, 0.1) is 17.5 Å². The summed E-state index contributed by atoms with van der Waals surface area (Å²) in [7, 11) is 0. The summed E-state index contributed by atoms with van der Waals surface area (Å²) in [5.74, 6) is 0. The van der Waals surface area contributed by atoms with Gasteiger partial charge in [0.15, 0.2) is 6.29 Å². The minimum Gasteiger partial charge on any atom is -0.349 e. The van der Waals surface area contributed by atoms with E-state index in [4.69, 9.17) is 9.47 Å². The zero-order valence-electron chi connectivity index (χ0n) is 9.13. The summed E-state index contributed by atoms with van der Waals surface area (Å²) in [4.78, 5) is 0. The van der Waals surface area contributed by atoms with Gasteiger partial charge in [-0.3, -0.25) is 0 Å². The van der Waals surface area contributed by atoms with E-state index < -0.39 is 0 Å². The van der Waals surface area contributed by atoms with Gasteiger partial charge in [0.25, 0.3) is 0 Å². The fourth-order valence-electron chi connectivity index (χ4n) is 1.56. The van der Waals surface area contributed by atoms with E-state index >= 15 is 0 Å². The number of rotatable bonds is 5. The first-order valence-corrected chi connectivity index (χ1v) is 6.28. The van der Waals surface area contributed by atoms with E-state index in [1.807, 2.05) is 13.8 Å². The monoisotopic (exact) mass is 262 g/mol. The van der Waals surface area contributed by atoms with Gasteiger partial charge < -0.3 is 9.47 Å². The Kier molecular flexibility index (Phi) is 5.13. The van der Waals surface area contributed by atoms with Crippen LogP contribution in [0.2, 0.25) is 0 Å². The molecule has 3 heteroatoms. The highest BCUT2D eigenvalue weighted by Crippen LogP contribution is 2.22. The van der Waals surface area contributed by atoms with Gasteiger partial charge in [-0.1, -0.05) is 27.6 Å². The van der Waals surface area contributed by atoms with E-state index in [0.29, 0.717) is 0 Å². The third-order valence-corrected chi connectivity index (χ3v) is 2.70. The van der Waals surface area contributed by atoms with Gasteiger partial charge in [-0.2, -0.15) is 0 Å². The van der Waals surface area contributed by atoms with Crippen LogP contribution >= 0.6 is 15.9 Å². The van der Waals surface area contributed by atoms with Crippen molar-refractivity contribution in [1.29, 1.82) is 0 Å². The van der Waals surface area contributed by atoms with Crippen LogP contribution in [0.5, 0.6) is 0 Å². The van der Waals surface area contributed by atoms with Gasteiger partial charge in [0, 0.05) is 0 Å². The molecule has 1 aliphatic rings. The molecule has 0 saturated carbocycles. The summed E-state index contributed by atoms with van der Waals surface area (Å²) in [5, 5.41) is 0.731. The van der Waals surface area contributed by atoms with Gasteiger partial charge in [-0.15, -0.1) is 0 Å². The van der Waals surface area contributed by atoms with Crippen molar-refractivity contribution in [3.05, 3.63) is 11.6 Å². The molecule has 0 aromatic rings. The van der Waals surface area contributed by atoms with Crippen molar-refractivity contribution >= 4 is 15.9 Å². The number of hydrogen-bond acceptors (Lipinski definition) is 2. The summed E-state index contributed by atoms with van der Waals surface area (Å²) in [6, 6.07) is 0. The van der Waals surface area contributed by atoms with Crippen molar-refractivity contribution in [1.82, 2.24) is 0 Å². The Hall–Kier alpha value is 0.140. The minimum atomic E-state index is -0.123. The molecule has 0 heterocycles. The van der Waals surface area contributed by atoms with E-state index in [0.717, 1.165) is 18.2 Å². The van der Waals surface area contributed by atoms with Crippen LogP contribution in [0.3, 0.4) is 0 Å². The highest BCUT2D eigenvalue weighted by atomic mass is 79.9. The van der Waals surface area contributed by atoms with Gasteiger partial charge >= 0.3 is 0 Å². The first-order valence-electron chi connectivity index (χ1n) is 5.16. The Morgan fingerprint density at radius 2 is 2.29 bits per heavy atom. The third kappa shape index (κ3) is 4.11. The fraction of sp³-hybridized carbons (Fsp3) is 0.818. The van der Waals surface area contributed by atoms with E-state index in [2.05, 4.69) is 28.9 Å². The lowest BCUT2D eigenvalue weighted by molar-refractivity contribution is -0.163. The summed E-state index contributed by atoms with van der Waals surface area (Å²) in [5.41, 5.74) is 1.42. The largest absolute Gasteiger partial charge is 0.349 e. The second kappa shape index (κ2) is 5.89. The molecular weight excluding hydrogens is 244 g/mol. The van der Waals surface area contributed by atoms with Crippen LogP contribution in [0.1, 0.15) is 33.6 Å².